The molecule has 0 atom stereocenters. The molecule has 1 aliphatic carbocycles. The van der Waals surface area contributed by atoms with Crippen molar-refractivity contribution in [2.75, 3.05) is 6.61 Å². The van der Waals surface area contributed by atoms with E-state index in [1.807, 2.05) is 6.07 Å². The Morgan fingerprint density at radius 1 is 1.00 bits per heavy atom. The molecule has 154 valence electrons. The molecule has 2 aromatic carbocycles. The van der Waals surface area contributed by atoms with Crippen molar-refractivity contribution >= 4 is 11.7 Å². The summed E-state index contributed by atoms with van der Waals surface area (Å²) in [5.74, 6) is -2.09. The van der Waals surface area contributed by atoms with Gasteiger partial charge in [0.25, 0.3) is 0 Å². The van der Waals surface area contributed by atoms with Gasteiger partial charge in [-0.2, -0.15) is 14.0 Å². The summed E-state index contributed by atoms with van der Waals surface area (Å²) in [5.41, 5.74) is 3.87. The average Bonchev–Trinajstić information content (AvgIpc) is 2.72. The standard InChI is InChI=1S/C22H23F3O.CO2/c1-3-15-10-11-20(22(25)21(15)24)26-13-17-6-4-5-7-18(17)16-9-8-14(2)19(23)12-16;2-1-3/h8-12H,3-7,13H2,1-2H3;. The van der Waals surface area contributed by atoms with Gasteiger partial charge in [0.1, 0.15) is 12.4 Å². The highest BCUT2D eigenvalue weighted by atomic mass is 19.2. The van der Waals surface area contributed by atoms with Gasteiger partial charge in [-0.1, -0.05) is 25.1 Å². The number of aryl methyl sites for hydroxylation is 2. The summed E-state index contributed by atoms with van der Waals surface area (Å²) in [6.07, 6.45) is 4.39. The molecule has 0 fully saturated rings. The maximum Gasteiger partial charge on any atom is 0.373 e. The molecule has 0 saturated heterocycles. The smallest absolute Gasteiger partial charge is 0.373 e. The second-order valence-corrected chi connectivity index (χ2v) is 6.83. The van der Waals surface area contributed by atoms with Crippen LogP contribution >= 0.6 is 0 Å². The monoisotopic (exact) mass is 404 g/mol. The lowest BCUT2D eigenvalue weighted by Gasteiger charge is -2.22. The van der Waals surface area contributed by atoms with E-state index >= 15 is 0 Å². The number of benzene rings is 2. The highest BCUT2D eigenvalue weighted by molar-refractivity contribution is 5.70. The third-order valence-electron chi connectivity index (χ3n) is 5.01. The minimum atomic E-state index is -0.941. The van der Waals surface area contributed by atoms with Crippen LogP contribution in [0.3, 0.4) is 0 Å². The first-order valence-corrected chi connectivity index (χ1v) is 9.49. The van der Waals surface area contributed by atoms with Crippen LogP contribution in [0.5, 0.6) is 5.75 Å². The van der Waals surface area contributed by atoms with Crippen molar-refractivity contribution in [3.63, 3.8) is 0 Å². The Morgan fingerprint density at radius 2 is 1.69 bits per heavy atom. The maximum absolute atomic E-state index is 14.2. The van der Waals surface area contributed by atoms with E-state index in [9.17, 15) is 13.2 Å². The molecule has 0 bridgehead atoms. The van der Waals surface area contributed by atoms with Gasteiger partial charge in [0.15, 0.2) is 11.6 Å². The third kappa shape index (κ3) is 5.58. The molecule has 2 aromatic rings. The predicted molar refractivity (Wildman–Crippen MR) is 103 cm³/mol. The molecule has 0 aliphatic heterocycles. The number of ether oxygens (including phenoxy) is 1. The zero-order valence-corrected chi connectivity index (χ0v) is 16.5. The molecule has 0 spiro atoms. The van der Waals surface area contributed by atoms with E-state index in [4.69, 9.17) is 14.3 Å². The van der Waals surface area contributed by atoms with Gasteiger partial charge in [-0.05, 0) is 79.0 Å². The molecular formula is C23H23F3O3. The fourth-order valence-electron chi connectivity index (χ4n) is 3.38. The predicted octanol–water partition coefficient (Wildman–Crippen LogP) is 5.80. The van der Waals surface area contributed by atoms with E-state index in [1.54, 1.807) is 32.0 Å². The van der Waals surface area contributed by atoms with E-state index in [-0.39, 0.29) is 24.3 Å². The van der Waals surface area contributed by atoms with E-state index in [0.717, 1.165) is 42.4 Å². The first-order chi connectivity index (χ1) is 13.9. The highest BCUT2D eigenvalue weighted by Crippen LogP contribution is 2.34. The number of hydrogen-bond donors (Lipinski definition) is 0. The van der Waals surface area contributed by atoms with Crippen LogP contribution < -0.4 is 4.74 Å². The number of hydrogen-bond acceptors (Lipinski definition) is 3. The minimum Gasteiger partial charge on any atom is -0.486 e. The van der Waals surface area contributed by atoms with Crippen LogP contribution in [0, 0.1) is 24.4 Å². The lowest BCUT2D eigenvalue weighted by molar-refractivity contribution is -0.191. The molecule has 0 aromatic heterocycles. The summed E-state index contributed by atoms with van der Waals surface area (Å²) in [6.45, 7) is 3.69. The van der Waals surface area contributed by atoms with Crippen LogP contribution in [-0.2, 0) is 16.0 Å². The number of halogens is 3. The number of allylic oxidation sites excluding steroid dienone is 1. The van der Waals surface area contributed by atoms with Gasteiger partial charge in [0, 0.05) is 0 Å². The molecular weight excluding hydrogens is 381 g/mol. The van der Waals surface area contributed by atoms with Gasteiger partial charge in [-0.15, -0.1) is 0 Å². The lowest BCUT2D eigenvalue weighted by Crippen LogP contribution is -2.10. The van der Waals surface area contributed by atoms with E-state index in [0.29, 0.717) is 17.5 Å². The number of carbonyl (C=O) groups excluding carboxylic acids is 2. The van der Waals surface area contributed by atoms with Crippen LogP contribution in [0.15, 0.2) is 35.9 Å². The van der Waals surface area contributed by atoms with Crippen molar-refractivity contribution in [3.05, 3.63) is 70.0 Å². The van der Waals surface area contributed by atoms with Gasteiger partial charge < -0.3 is 4.74 Å². The molecule has 0 unspecified atom stereocenters. The molecule has 0 amide bonds. The second kappa shape index (κ2) is 10.6. The van der Waals surface area contributed by atoms with Gasteiger partial charge in [0.05, 0.1) is 0 Å². The van der Waals surface area contributed by atoms with Crippen LogP contribution in [0.25, 0.3) is 5.57 Å². The van der Waals surface area contributed by atoms with Crippen molar-refractivity contribution < 1.29 is 27.5 Å². The first-order valence-electron chi connectivity index (χ1n) is 9.49. The minimum absolute atomic E-state index is 0.0767. The van der Waals surface area contributed by atoms with Gasteiger partial charge in [-0.3, -0.25) is 0 Å². The Hall–Kier alpha value is -2.85. The molecule has 29 heavy (non-hydrogen) atoms. The lowest BCUT2D eigenvalue weighted by atomic mass is 9.87. The van der Waals surface area contributed by atoms with Crippen LogP contribution in [-0.4, -0.2) is 12.8 Å². The van der Waals surface area contributed by atoms with Gasteiger partial charge in [-0.25, -0.2) is 8.78 Å². The summed E-state index contributed by atoms with van der Waals surface area (Å²) in [7, 11) is 0. The summed E-state index contributed by atoms with van der Waals surface area (Å²) >= 11 is 0. The SMILES string of the molecule is CCc1ccc(OCC2=C(c3ccc(C)c(F)c3)CCCC2)c(F)c1F.O=C=O. The highest BCUT2D eigenvalue weighted by Gasteiger charge is 2.18. The Bertz CT molecular complexity index is 929. The van der Waals surface area contributed by atoms with Crippen molar-refractivity contribution in [2.24, 2.45) is 0 Å². The summed E-state index contributed by atoms with van der Waals surface area (Å²) in [6, 6.07) is 8.26. The molecule has 0 radical (unpaired) electrons. The molecule has 0 heterocycles. The van der Waals surface area contributed by atoms with Crippen molar-refractivity contribution in [1.29, 1.82) is 0 Å². The molecule has 0 N–H and O–H groups in total. The first kappa shape index (κ1) is 22.4. The zero-order chi connectivity index (χ0) is 21.4. The summed E-state index contributed by atoms with van der Waals surface area (Å²) in [5, 5.41) is 0. The maximum atomic E-state index is 14.2. The Balaban J connectivity index is 0.000000941. The molecule has 0 saturated carbocycles. The topological polar surface area (TPSA) is 43.4 Å². The molecule has 3 nitrogen and oxygen atoms in total. The fourth-order valence-corrected chi connectivity index (χ4v) is 3.38. The normalized spacial score (nSPS) is 13.4. The molecule has 6 heteroatoms. The van der Waals surface area contributed by atoms with Crippen molar-refractivity contribution in [1.82, 2.24) is 0 Å². The van der Waals surface area contributed by atoms with E-state index < -0.39 is 11.6 Å². The third-order valence-corrected chi connectivity index (χ3v) is 5.01. The van der Waals surface area contributed by atoms with Crippen molar-refractivity contribution in [2.45, 2.75) is 46.0 Å². The van der Waals surface area contributed by atoms with Crippen LogP contribution in [0.2, 0.25) is 0 Å². The van der Waals surface area contributed by atoms with E-state index in [2.05, 4.69) is 0 Å². The quantitative estimate of drug-likeness (QED) is 0.633. The Labute approximate surface area is 168 Å². The fraction of sp³-hybridized carbons (Fsp3) is 0.348. The Morgan fingerprint density at radius 3 is 2.34 bits per heavy atom. The van der Waals surface area contributed by atoms with Crippen molar-refractivity contribution in [3.8, 4) is 5.75 Å². The molecule has 1 aliphatic rings. The average molecular weight is 404 g/mol. The van der Waals surface area contributed by atoms with Gasteiger partial charge in [0.2, 0.25) is 5.82 Å². The Kier molecular flexibility index (Phi) is 8.22. The molecule has 3 rings (SSSR count). The summed E-state index contributed by atoms with van der Waals surface area (Å²) < 4.78 is 47.6. The van der Waals surface area contributed by atoms with Gasteiger partial charge >= 0.3 is 6.15 Å². The zero-order valence-electron chi connectivity index (χ0n) is 16.5. The summed E-state index contributed by atoms with van der Waals surface area (Å²) in [4.78, 5) is 16.2. The second-order valence-electron chi connectivity index (χ2n) is 6.83. The van der Waals surface area contributed by atoms with Crippen LogP contribution in [0.4, 0.5) is 13.2 Å². The van der Waals surface area contributed by atoms with E-state index in [1.165, 1.54) is 6.07 Å². The number of rotatable bonds is 5. The largest absolute Gasteiger partial charge is 0.486 e. The van der Waals surface area contributed by atoms with Crippen LogP contribution in [0.1, 0.15) is 49.3 Å².